The predicted molar refractivity (Wildman–Crippen MR) is 69.7 cm³/mol. The van der Waals surface area contributed by atoms with Gasteiger partial charge in [0.25, 0.3) is 0 Å². The second kappa shape index (κ2) is 9.41. The highest BCUT2D eigenvalue weighted by molar-refractivity contribution is 7.91. The number of hydrogen-bond donors (Lipinski definition) is 2. The molecule has 0 radical (unpaired) electrons. The molecular formula is C11H24N2O3S. The number of sulfone groups is 1. The Balaban J connectivity index is 3.49. The number of hydrogen-bond acceptors (Lipinski definition) is 4. The van der Waals surface area contributed by atoms with Gasteiger partial charge in [0, 0.05) is 31.8 Å². The number of amides is 1. The molecule has 0 bridgehead atoms. The smallest absolute Gasteiger partial charge is 0.221 e. The first-order valence-corrected chi connectivity index (χ1v) is 8.01. The van der Waals surface area contributed by atoms with Gasteiger partial charge in [0.2, 0.25) is 5.91 Å². The minimum Gasteiger partial charge on any atom is -0.356 e. The highest BCUT2D eigenvalue weighted by Gasteiger charge is 2.08. The van der Waals surface area contributed by atoms with Gasteiger partial charge in [0.1, 0.15) is 0 Å². The van der Waals surface area contributed by atoms with E-state index in [2.05, 4.69) is 10.6 Å². The highest BCUT2D eigenvalue weighted by Crippen LogP contribution is 1.92. The van der Waals surface area contributed by atoms with Gasteiger partial charge in [-0.2, -0.15) is 0 Å². The first kappa shape index (κ1) is 16.4. The minimum atomic E-state index is -2.91. The topological polar surface area (TPSA) is 75.3 Å². The molecule has 0 aliphatic carbocycles. The van der Waals surface area contributed by atoms with Crippen molar-refractivity contribution in [2.24, 2.45) is 0 Å². The van der Waals surface area contributed by atoms with Crippen LogP contribution in [0.5, 0.6) is 0 Å². The van der Waals surface area contributed by atoms with Crippen LogP contribution in [-0.2, 0) is 14.6 Å². The molecule has 0 heterocycles. The molecule has 0 aliphatic rings. The van der Waals surface area contributed by atoms with Crippen LogP contribution >= 0.6 is 0 Å². The summed E-state index contributed by atoms with van der Waals surface area (Å²) in [6.07, 6.45) is 1.98. The molecule has 102 valence electrons. The van der Waals surface area contributed by atoms with Gasteiger partial charge in [-0.1, -0.05) is 13.8 Å². The van der Waals surface area contributed by atoms with Crippen LogP contribution in [0.25, 0.3) is 0 Å². The number of carbonyl (C=O) groups is 1. The van der Waals surface area contributed by atoms with Gasteiger partial charge in [-0.3, -0.25) is 4.79 Å². The molecule has 0 spiro atoms. The standard InChI is InChI=1S/C11H24N2O3S/c1-3-6-13-11(14)5-7-12-8-10-17(15,16)9-4-2/h12H,3-10H2,1-2H3,(H,13,14). The lowest BCUT2D eigenvalue weighted by molar-refractivity contribution is -0.120. The van der Waals surface area contributed by atoms with Gasteiger partial charge in [-0.15, -0.1) is 0 Å². The summed E-state index contributed by atoms with van der Waals surface area (Å²) in [6, 6.07) is 0. The summed E-state index contributed by atoms with van der Waals surface area (Å²) < 4.78 is 22.7. The molecule has 0 rings (SSSR count). The molecule has 1 amide bonds. The lowest BCUT2D eigenvalue weighted by atomic mass is 10.4. The van der Waals surface area contributed by atoms with E-state index in [1.165, 1.54) is 0 Å². The summed E-state index contributed by atoms with van der Waals surface area (Å²) in [5.74, 6) is 0.402. The van der Waals surface area contributed by atoms with Gasteiger partial charge < -0.3 is 10.6 Å². The van der Waals surface area contributed by atoms with E-state index in [9.17, 15) is 13.2 Å². The second-order valence-electron chi connectivity index (χ2n) is 4.00. The van der Waals surface area contributed by atoms with Crippen molar-refractivity contribution in [2.45, 2.75) is 33.1 Å². The van der Waals surface area contributed by atoms with Crippen LogP contribution in [-0.4, -0.2) is 45.5 Å². The van der Waals surface area contributed by atoms with Crippen LogP contribution in [0, 0.1) is 0 Å². The molecule has 0 aromatic heterocycles. The monoisotopic (exact) mass is 264 g/mol. The van der Waals surface area contributed by atoms with Crippen LogP contribution in [0.2, 0.25) is 0 Å². The van der Waals surface area contributed by atoms with Crippen molar-refractivity contribution >= 4 is 15.7 Å². The quantitative estimate of drug-likeness (QED) is 0.557. The van der Waals surface area contributed by atoms with Crippen molar-refractivity contribution in [3.8, 4) is 0 Å². The molecule has 0 aromatic rings. The molecule has 0 fully saturated rings. The number of carbonyl (C=O) groups excluding carboxylic acids is 1. The van der Waals surface area contributed by atoms with Gasteiger partial charge in [-0.05, 0) is 12.8 Å². The SMILES string of the molecule is CCCNC(=O)CCNCCS(=O)(=O)CCC. The lowest BCUT2D eigenvalue weighted by Crippen LogP contribution is -2.30. The Kier molecular flexibility index (Phi) is 9.07. The van der Waals surface area contributed by atoms with Crippen LogP contribution in [0.3, 0.4) is 0 Å². The van der Waals surface area contributed by atoms with Crippen molar-refractivity contribution < 1.29 is 13.2 Å². The predicted octanol–water partition coefficient (Wildman–Crippen LogP) is 0.317. The normalized spacial score (nSPS) is 11.4. The summed E-state index contributed by atoms with van der Waals surface area (Å²) in [5.41, 5.74) is 0. The maximum atomic E-state index is 11.3. The fraction of sp³-hybridized carbons (Fsp3) is 0.909. The van der Waals surface area contributed by atoms with Gasteiger partial charge >= 0.3 is 0 Å². The third-order valence-corrected chi connectivity index (χ3v) is 4.06. The third kappa shape index (κ3) is 10.3. The van der Waals surface area contributed by atoms with E-state index >= 15 is 0 Å². The molecule has 0 saturated heterocycles. The summed E-state index contributed by atoms with van der Waals surface area (Å²) in [4.78, 5) is 11.2. The fourth-order valence-corrected chi connectivity index (χ4v) is 2.60. The zero-order valence-corrected chi connectivity index (χ0v) is 11.6. The summed E-state index contributed by atoms with van der Waals surface area (Å²) in [7, 11) is -2.91. The molecule has 0 atom stereocenters. The highest BCUT2D eigenvalue weighted by atomic mass is 32.2. The Hall–Kier alpha value is -0.620. The van der Waals surface area contributed by atoms with Crippen LogP contribution in [0.1, 0.15) is 33.1 Å². The van der Waals surface area contributed by atoms with Crippen LogP contribution < -0.4 is 10.6 Å². The summed E-state index contributed by atoms with van der Waals surface area (Å²) in [6.45, 7) is 5.49. The van der Waals surface area contributed by atoms with E-state index in [1.807, 2.05) is 13.8 Å². The molecule has 0 saturated carbocycles. The van der Waals surface area contributed by atoms with Crippen molar-refractivity contribution in [1.82, 2.24) is 10.6 Å². The van der Waals surface area contributed by atoms with E-state index in [0.717, 1.165) is 6.42 Å². The van der Waals surface area contributed by atoms with E-state index in [-0.39, 0.29) is 17.4 Å². The minimum absolute atomic E-state index is 0.00997. The van der Waals surface area contributed by atoms with E-state index in [0.29, 0.717) is 32.5 Å². The van der Waals surface area contributed by atoms with E-state index in [4.69, 9.17) is 0 Å². The van der Waals surface area contributed by atoms with Crippen molar-refractivity contribution in [3.63, 3.8) is 0 Å². The Labute approximate surface area is 104 Å². The second-order valence-corrected chi connectivity index (χ2v) is 6.31. The maximum Gasteiger partial charge on any atom is 0.221 e. The largest absolute Gasteiger partial charge is 0.356 e. The summed E-state index contributed by atoms with van der Waals surface area (Å²) in [5, 5.41) is 5.73. The van der Waals surface area contributed by atoms with E-state index in [1.54, 1.807) is 0 Å². The molecular weight excluding hydrogens is 240 g/mol. The Morgan fingerprint density at radius 3 is 2.29 bits per heavy atom. The molecule has 6 heteroatoms. The van der Waals surface area contributed by atoms with Crippen LogP contribution in [0.4, 0.5) is 0 Å². The average molecular weight is 264 g/mol. The zero-order valence-electron chi connectivity index (χ0n) is 10.8. The van der Waals surface area contributed by atoms with Crippen molar-refractivity contribution in [2.75, 3.05) is 31.1 Å². The van der Waals surface area contributed by atoms with Crippen LogP contribution in [0.15, 0.2) is 0 Å². The molecule has 2 N–H and O–H groups in total. The first-order valence-electron chi connectivity index (χ1n) is 6.19. The third-order valence-electron chi connectivity index (χ3n) is 2.21. The van der Waals surface area contributed by atoms with Gasteiger partial charge in [0.15, 0.2) is 9.84 Å². The Morgan fingerprint density at radius 1 is 1.00 bits per heavy atom. The fourth-order valence-electron chi connectivity index (χ4n) is 1.32. The Morgan fingerprint density at radius 2 is 1.71 bits per heavy atom. The lowest BCUT2D eigenvalue weighted by Gasteiger charge is -2.06. The van der Waals surface area contributed by atoms with Gasteiger partial charge in [-0.25, -0.2) is 8.42 Å². The number of nitrogens with one attached hydrogen (secondary N) is 2. The zero-order chi connectivity index (χ0) is 13.1. The summed E-state index contributed by atoms with van der Waals surface area (Å²) >= 11 is 0. The molecule has 0 aliphatic heterocycles. The van der Waals surface area contributed by atoms with E-state index < -0.39 is 9.84 Å². The molecule has 0 aromatic carbocycles. The Bertz CT molecular complexity index is 302. The van der Waals surface area contributed by atoms with Gasteiger partial charge in [0.05, 0.1) is 5.75 Å². The van der Waals surface area contributed by atoms with Crippen molar-refractivity contribution in [3.05, 3.63) is 0 Å². The average Bonchev–Trinajstić information content (AvgIpc) is 2.25. The molecule has 5 nitrogen and oxygen atoms in total. The molecule has 17 heavy (non-hydrogen) atoms. The molecule has 0 unspecified atom stereocenters. The van der Waals surface area contributed by atoms with Crippen molar-refractivity contribution in [1.29, 1.82) is 0 Å². The number of rotatable bonds is 10. The first-order chi connectivity index (χ1) is 8.02. The maximum absolute atomic E-state index is 11.3.